The smallest absolute Gasteiger partial charge is 0.247 e. The molecule has 0 fully saturated rings. The molecule has 2 rings (SSSR count). The molecule has 2 aromatic rings. The molecule has 8 heteroatoms. The third-order valence-electron chi connectivity index (χ3n) is 2.67. The van der Waals surface area contributed by atoms with E-state index in [2.05, 4.69) is 42.2 Å². The van der Waals surface area contributed by atoms with Crippen LogP contribution < -0.4 is 5.32 Å². The van der Waals surface area contributed by atoms with Crippen LogP contribution in [0.3, 0.4) is 0 Å². The second-order valence-corrected chi connectivity index (χ2v) is 5.64. The van der Waals surface area contributed by atoms with Gasteiger partial charge in [0.2, 0.25) is 5.91 Å². The summed E-state index contributed by atoms with van der Waals surface area (Å²) in [7, 11) is 0. The van der Waals surface area contributed by atoms with Crippen LogP contribution >= 0.6 is 31.9 Å². The number of carbonyl (C=O) groups is 1. The Morgan fingerprint density at radius 1 is 1.35 bits per heavy atom. The maximum atomic E-state index is 13.6. The standard InChI is InChI=1S/C12H9Br2F2N3O/c1-6(19-3-2-17-12(19)14)11(20)18-10-8(15)4-7(13)5-9(10)16/h2-6H,1H3,(H,18,20). The molecule has 20 heavy (non-hydrogen) atoms. The summed E-state index contributed by atoms with van der Waals surface area (Å²) in [5.74, 6) is -2.24. The van der Waals surface area contributed by atoms with E-state index in [0.29, 0.717) is 4.73 Å². The fourth-order valence-corrected chi connectivity index (χ4v) is 2.54. The highest BCUT2D eigenvalue weighted by Crippen LogP contribution is 2.25. The highest BCUT2D eigenvalue weighted by Gasteiger charge is 2.20. The molecule has 1 amide bonds. The number of hydrogen-bond acceptors (Lipinski definition) is 2. The summed E-state index contributed by atoms with van der Waals surface area (Å²) in [5.41, 5.74) is -0.471. The fourth-order valence-electron chi connectivity index (χ4n) is 1.60. The molecule has 1 atom stereocenters. The maximum absolute atomic E-state index is 13.6. The lowest BCUT2D eigenvalue weighted by Gasteiger charge is -2.15. The quantitative estimate of drug-likeness (QED) is 0.837. The van der Waals surface area contributed by atoms with Crippen molar-refractivity contribution >= 4 is 43.5 Å². The Morgan fingerprint density at radius 3 is 2.45 bits per heavy atom. The van der Waals surface area contributed by atoms with Crippen molar-refractivity contribution in [1.82, 2.24) is 9.55 Å². The van der Waals surface area contributed by atoms with Crippen molar-refractivity contribution in [1.29, 1.82) is 0 Å². The van der Waals surface area contributed by atoms with Gasteiger partial charge in [0.15, 0.2) is 16.4 Å². The average Bonchev–Trinajstić information content (AvgIpc) is 2.78. The van der Waals surface area contributed by atoms with Crippen LogP contribution in [0.25, 0.3) is 0 Å². The van der Waals surface area contributed by atoms with Gasteiger partial charge in [-0.2, -0.15) is 0 Å². The minimum absolute atomic E-state index is 0.260. The first-order valence-corrected chi connectivity index (χ1v) is 7.12. The maximum Gasteiger partial charge on any atom is 0.247 e. The van der Waals surface area contributed by atoms with Crippen molar-refractivity contribution in [3.05, 3.63) is 45.4 Å². The summed E-state index contributed by atoms with van der Waals surface area (Å²) in [6.45, 7) is 1.59. The van der Waals surface area contributed by atoms with Gasteiger partial charge in [-0.25, -0.2) is 13.8 Å². The molecule has 4 nitrogen and oxygen atoms in total. The first-order chi connectivity index (χ1) is 9.40. The first-order valence-electron chi connectivity index (χ1n) is 5.54. The normalized spacial score (nSPS) is 12.2. The van der Waals surface area contributed by atoms with Gasteiger partial charge < -0.3 is 9.88 Å². The number of imidazole rings is 1. The molecule has 1 unspecified atom stereocenters. The molecular weight excluding hydrogens is 400 g/mol. The monoisotopic (exact) mass is 407 g/mol. The van der Waals surface area contributed by atoms with Crippen molar-refractivity contribution in [3.63, 3.8) is 0 Å². The SMILES string of the molecule is CC(C(=O)Nc1c(F)cc(Br)cc1F)n1ccnc1Br. The van der Waals surface area contributed by atoms with Gasteiger partial charge in [0.1, 0.15) is 11.7 Å². The van der Waals surface area contributed by atoms with E-state index in [0.717, 1.165) is 12.1 Å². The van der Waals surface area contributed by atoms with Crippen molar-refractivity contribution in [2.75, 3.05) is 5.32 Å². The topological polar surface area (TPSA) is 46.9 Å². The minimum atomic E-state index is -0.845. The highest BCUT2D eigenvalue weighted by atomic mass is 79.9. The number of benzene rings is 1. The third kappa shape index (κ3) is 3.06. The second-order valence-electron chi connectivity index (χ2n) is 4.01. The summed E-state index contributed by atoms with van der Waals surface area (Å²) in [4.78, 5) is 15.9. The first kappa shape index (κ1) is 15.1. The molecule has 0 aliphatic heterocycles. The lowest BCUT2D eigenvalue weighted by atomic mass is 10.2. The van der Waals surface area contributed by atoms with Gasteiger partial charge in [-0.1, -0.05) is 15.9 Å². The summed E-state index contributed by atoms with van der Waals surface area (Å²) in [5, 5.41) is 2.24. The second kappa shape index (κ2) is 6.01. The Hall–Kier alpha value is -1.28. The molecule has 1 N–H and O–H groups in total. The number of carbonyl (C=O) groups excluding carboxylic acids is 1. The van der Waals surface area contributed by atoms with Crippen LogP contribution in [0.5, 0.6) is 0 Å². The van der Waals surface area contributed by atoms with Crippen LogP contribution in [0.15, 0.2) is 33.7 Å². The number of halogens is 4. The molecule has 0 saturated heterocycles. The van der Waals surface area contributed by atoms with E-state index < -0.39 is 29.3 Å². The largest absolute Gasteiger partial charge is 0.319 e. The number of amides is 1. The number of aromatic nitrogens is 2. The zero-order valence-corrected chi connectivity index (χ0v) is 13.4. The Balaban J connectivity index is 2.23. The van der Waals surface area contributed by atoms with Crippen LogP contribution in [0, 0.1) is 11.6 Å². The van der Waals surface area contributed by atoms with Crippen LogP contribution in [0.1, 0.15) is 13.0 Å². The molecule has 1 aromatic carbocycles. The van der Waals surface area contributed by atoms with Crippen molar-refractivity contribution < 1.29 is 13.6 Å². The molecule has 0 aliphatic carbocycles. The highest BCUT2D eigenvalue weighted by molar-refractivity contribution is 9.10. The van der Waals surface area contributed by atoms with E-state index in [-0.39, 0.29) is 4.47 Å². The van der Waals surface area contributed by atoms with Crippen LogP contribution in [-0.2, 0) is 4.79 Å². The Morgan fingerprint density at radius 2 is 1.95 bits per heavy atom. The van der Waals surface area contributed by atoms with E-state index in [1.165, 1.54) is 10.8 Å². The molecule has 1 aromatic heterocycles. The van der Waals surface area contributed by atoms with Gasteiger partial charge in [0.05, 0.1) is 0 Å². The molecule has 0 bridgehead atoms. The minimum Gasteiger partial charge on any atom is -0.319 e. The molecule has 106 valence electrons. The molecule has 0 spiro atoms. The molecular formula is C12H9Br2F2N3O. The number of rotatable bonds is 3. The van der Waals surface area contributed by atoms with Crippen molar-refractivity contribution in [2.45, 2.75) is 13.0 Å². The Labute approximate surface area is 130 Å². The molecule has 0 radical (unpaired) electrons. The van der Waals surface area contributed by atoms with E-state index in [4.69, 9.17) is 0 Å². The van der Waals surface area contributed by atoms with Crippen LogP contribution in [0.2, 0.25) is 0 Å². The molecule has 0 saturated carbocycles. The average molecular weight is 409 g/mol. The number of hydrogen-bond donors (Lipinski definition) is 1. The van der Waals surface area contributed by atoms with E-state index in [9.17, 15) is 13.6 Å². The summed E-state index contributed by atoms with van der Waals surface area (Å²) >= 11 is 6.15. The van der Waals surface area contributed by atoms with Crippen LogP contribution in [-0.4, -0.2) is 15.5 Å². The van der Waals surface area contributed by atoms with E-state index in [1.54, 1.807) is 13.1 Å². The molecule has 0 aliphatic rings. The number of nitrogens with one attached hydrogen (secondary N) is 1. The van der Waals surface area contributed by atoms with Crippen molar-refractivity contribution in [2.24, 2.45) is 0 Å². The summed E-state index contributed by atoms with van der Waals surface area (Å²) in [6.07, 6.45) is 3.09. The zero-order valence-electron chi connectivity index (χ0n) is 10.2. The predicted molar refractivity (Wildman–Crippen MR) is 77.3 cm³/mol. The Kier molecular flexibility index (Phi) is 4.54. The van der Waals surface area contributed by atoms with Gasteiger partial charge in [-0.15, -0.1) is 0 Å². The fraction of sp³-hybridized carbons (Fsp3) is 0.167. The van der Waals surface area contributed by atoms with E-state index >= 15 is 0 Å². The van der Waals surface area contributed by atoms with Gasteiger partial charge in [0, 0.05) is 16.9 Å². The summed E-state index contributed by atoms with van der Waals surface area (Å²) < 4.78 is 29.5. The van der Waals surface area contributed by atoms with Gasteiger partial charge in [-0.3, -0.25) is 4.79 Å². The van der Waals surface area contributed by atoms with Crippen LogP contribution in [0.4, 0.5) is 14.5 Å². The predicted octanol–water partition coefficient (Wildman–Crippen LogP) is 3.89. The van der Waals surface area contributed by atoms with E-state index in [1.807, 2.05) is 0 Å². The van der Waals surface area contributed by atoms with Crippen molar-refractivity contribution in [3.8, 4) is 0 Å². The molecule has 1 heterocycles. The zero-order chi connectivity index (χ0) is 14.9. The van der Waals surface area contributed by atoms with Gasteiger partial charge >= 0.3 is 0 Å². The number of nitrogens with zero attached hydrogens (tertiary/aromatic N) is 2. The van der Waals surface area contributed by atoms with Gasteiger partial charge in [-0.05, 0) is 35.0 Å². The third-order valence-corrected chi connectivity index (χ3v) is 3.75. The number of anilines is 1. The van der Waals surface area contributed by atoms with Gasteiger partial charge in [0.25, 0.3) is 0 Å². The Bertz CT molecular complexity index is 637. The lowest BCUT2D eigenvalue weighted by molar-refractivity contribution is -0.118. The summed E-state index contributed by atoms with van der Waals surface area (Å²) in [6, 6.07) is 1.49. The lowest BCUT2D eigenvalue weighted by Crippen LogP contribution is -2.24.